The third-order valence-corrected chi connectivity index (χ3v) is 4.22. The number of esters is 1. The van der Waals surface area contributed by atoms with E-state index in [-0.39, 0.29) is 41.3 Å². The standard InChI is InChI=1S/C19H23F3N4O4/c1-10(2)13(9-27)24-18-25-15(19(20,21)22)8-16(26-18)23-12-7-11(17(28)30-4)5-6-14(12)29-3/h5-8,10,13,27H,9H2,1-4H3,(H2,23,24,25,26)/t13-/m1/s1. The molecule has 1 atom stereocenters. The maximum atomic E-state index is 13.3. The Morgan fingerprint density at radius 3 is 2.43 bits per heavy atom. The molecule has 0 bridgehead atoms. The quantitative estimate of drug-likeness (QED) is 0.549. The largest absolute Gasteiger partial charge is 0.495 e. The molecule has 0 aliphatic carbocycles. The Morgan fingerprint density at radius 1 is 1.20 bits per heavy atom. The molecule has 0 aliphatic heterocycles. The Bertz CT molecular complexity index is 891. The molecule has 0 unspecified atom stereocenters. The number of nitrogens with one attached hydrogen (secondary N) is 2. The normalized spacial score (nSPS) is 12.4. The minimum absolute atomic E-state index is 0.0821. The average Bonchev–Trinajstić information content (AvgIpc) is 2.70. The Morgan fingerprint density at radius 2 is 1.90 bits per heavy atom. The van der Waals surface area contributed by atoms with Crippen LogP contribution >= 0.6 is 0 Å². The molecule has 2 rings (SSSR count). The molecule has 3 N–H and O–H groups in total. The third-order valence-electron chi connectivity index (χ3n) is 4.22. The molecule has 8 nitrogen and oxygen atoms in total. The van der Waals surface area contributed by atoms with Crippen LogP contribution in [0.4, 0.5) is 30.6 Å². The summed E-state index contributed by atoms with van der Waals surface area (Å²) in [6, 6.07) is 4.49. The highest BCUT2D eigenvalue weighted by atomic mass is 19.4. The lowest BCUT2D eigenvalue weighted by molar-refractivity contribution is -0.141. The number of rotatable bonds is 8. The van der Waals surface area contributed by atoms with Crippen LogP contribution in [0.15, 0.2) is 24.3 Å². The number of aromatic nitrogens is 2. The molecular weight excluding hydrogens is 405 g/mol. The van der Waals surface area contributed by atoms with Crippen LogP contribution in [0.3, 0.4) is 0 Å². The second-order valence-corrected chi connectivity index (χ2v) is 6.67. The molecule has 0 spiro atoms. The van der Waals surface area contributed by atoms with Gasteiger partial charge in [-0.2, -0.15) is 18.2 Å². The van der Waals surface area contributed by atoms with E-state index in [0.29, 0.717) is 0 Å². The summed E-state index contributed by atoms with van der Waals surface area (Å²) in [5.41, 5.74) is -0.795. The van der Waals surface area contributed by atoms with E-state index < -0.39 is 23.9 Å². The maximum Gasteiger partial charge on any atom is 0.433 e. The number of nitrogens with zero attached hydrogens (tertiary/aromatic N) is 2. The lowest BCUT2D eigenvalue weighted by atomic mass is 10.1. The fourth-order valence-electron chi connectivity index (χ4n) is 2.50. The number of ether oxygens (including phenoxy) is 2. The smallest absolute Gasteiger partial charge is 0.433 e. The zero-order valence-corrected chi connectivity index (χ0v) is 16.9. The number of hydrogen-bond donors (Lipinski definition) is 3. The number of methoxy groups -OCH3 is 2. The van der Waals surface area contributed by atoms with Crippen LogP contribution in [0.2, 0.25) is 0 Å². The first-order chi connectivity index (χ1) is 14.1. The topological polar surface area (TPSA) is 106 Å². The first kappa shape index (κ1) is 23.2. The second-order valence-electron chi connectivity index (χ2n) is 6.67. The highest BCUT2D eigenvalue weighted by Crippen LogP contribution is 2.33. The Hall–Kier alpha value is -3.08. The fraction of sp³-hybridized carbons (Fsp3) is 0.421. The van der Waals surface area contributed by atoms with Gasteiger partial charge in [0.2, 0.25) is 5.95 Å². The van der Waals surface area contributed by atoms with Gasteiger partial charge in [0.15, 0.2) is 5.69 Å². The monoisotopic (exact) mass is 428 g/mol. The van der Waals surface area contributed by atoms with E-state index in [9.17, 15) is 23.1 Å². The van der Waals surface area contributed by atoms with Gasteiger partial charge in [-0.25, -0.2) is 9.78 Å². The van der Waals surface area contributed by atoms with Crippen molar-refractivity contribution in [3.8, 4) is 5.75 Å². The summed E-state index contributed by atoms with van der Waals surface area (Å²) in [5.74, 6) is -0.908. The first-order valence-electron chi connectivity index (χ1n) is 8.96. The zero-order valence-electron chi connectivity index (χ0n) is 16.9. The molecule has 0 saturated heterocycles. The number of benzene rings is 1. The number of anilines is 3. The van der Waals surface area contributed by atoms with Crippen LogP contribution in [0.5, 0.6) is 5.75 Å². The summed E-state index contributed by atoms with van der Waals surface area (Å²) >= 11 is 0. The maximum absolute atomic E-state index is 13.3. The number of carbonyl (C=O) groups excluding carboxylic acids is 1. The van der Waals surface area contributed by atoms with Crippen molar-refractivity contribution in [2.24, 2.45) is 5.92 Å². The van der Waals surface area contributed by atoms with Gasteiger partial charge in [0.05, 0.1) is 38.1 Å². The minimum Gasteiger partial charge on any atom is -0.495 e. The number of alkyl halides is 3. The van der Waals surface area contributed by atoms with Crippen molar-refractivity contribution in [2.75, 3.05) is 31.5 Å². The molecular formula is C19H23F3N4O4. The van der Waals surface area contributed by atoms with E-state index in [2.05, 4.69) is 25.3 Å². The summed E-state index contributed by atoms with van der Waals surface area (Å²) in [7, 11) is 2.59. The highest BCUT2D eigenvalue weighted by molar-refractivity contribution is 5.91. The lowest BCUT2D eigenvalue weighted by Gasteiger charge is -2.21. The number of carbonyl (C=O) groups is 1. The molecule has 0 radical (unpaired) electrons. The molecule has 1 heterocycles. The van der Waals surface area contributed by atoms with Crippen LogP contribution in [0, 0.1) is 5.92 Å². The number of hydrogen-bond acceptors (Lipinski definition) is 8. The molecule has 0 amide bonds. The average molecular weight is 428 g/mol. The molecule has 0 fully saturated rings. The van der Waals surface area contributed by atoms with Gasteiger partial charge in [0.25, 0.3) is 0 Å². The number of halogens is 3. The molecule has 11 heteroatoms. The molecule has 164 valence electrons. The zero-order chi connectivity index (χ0) is 22.5. The van der Waals surface area contributed by atoms with Crippen LogP contribution in [-0.2, 0) is 10.9 Å². The van der Waals surface area contributed by atoms with Gasteiger partial charge >= 0.3 is 12.1 Å². The molecule has 2 aromatic rings. The van der Waals surface area contributed by atoms with Gasteiger partial charge in [-0.15, -0.1) is 0 Å². The molecule has 1 aromatic heterocycles. The summed E-state index contributed by atoms with van der Waals surface area (Å²) in [4.78, 5) is 19.4. The predicted molar refractivity (Wildman–Crippen MR) is 104 cm³/mol. The summed E-state index contributed by atoms with van der Waals surface area (Å²) in [6.45, 7) is 3.28. The van der Waals surface area contributed by atoms with E-state index in [1.165, 1.54) is 32.4 Å². The van der Waals surface area contributed by atoms with Crippen LogP contribution in [-0.4, -0.2) is 47.9 Å². The molecule has 30 heavy (non-hydrogen) atoms. The second kappa shape index (κ2) is 9.61. The Labute approximate surface area is 171 Å². The molecule has 0 saturated carbocycles. The van der Waals surface area contributed by atoms with E-state index >= 15 is 0 Å². The Kier molecular flexibility index (Phi) is 7.43. The summed E-state index contributed by atoms with van der Waals surface area (Å²) in [6.07, 6.45) is -4.72. The van der Waals surface area contributed by atoms with E-state index in [1.807, 2.05) is 0 Å². The van der Waals surface area contributed by atoms with Gasteiger partial charge < -0.3 is 25.2 Å². The van der Waals surface area contributed by atoms with Crippen molar-refractivity contribution in [1.29, 1.82) is 0 Å². The van der Waals surface area contributed by atoms with E-state index in [0.717, 1.165) is 6.07 Å². The summed E-state index contributed by atoms with van der Waals surface area (Å²) < 4.78 is 49.9. The SMILES string of the molecule is COC(=O)c1ccc(OC)c(Nc2cc(C(F)(F)F)nc(N[C@H](CO)C(C)C)n2)c1. The van der Waals surface area contributed by atoms with Gasteiger partial charge in [-0.05, 0) is 24.1 Å². The van der Waals surface area contributed by atoms with E-state index in [4.69, 9.17) is 4.74 Å². The van der Waals surface area contributed by atoms with Crippen molar-refractivity contribution in [3.05, 3.63) is 35.5 Å². The van der Waals surface area contributed by atoms with Crippen molar-refractivity contribution < 1.29 is 32.5 Å². The van der Waals surface area contributed by atoms with Crippen LogP contribution < -0.4 is 15.4 Å². The molecule has 1 aromatic carbocycles. The Balaban J connectivity index is 2.48. The van der Waals surface area contributed by atoms with Gasteiger partial charge in [-0.3, -0.25) is 0 Å². The van der Waals surface area contributed by atoms with Crippen LogP contribution in [0.1, 0.15) is 29.9 Å². The lowest BCUT2D eigenvalue weighted by Crippen LogP contribution is -2.30. The van der Waals surface area contributed by atoms with Gasteiger partial charge in [0.1, 0.15) is 11.6 Å². The van der Waals surface area contributed by atoms with Crippen molar-refractivity contribution >= 4 is 23.4 Å². The van der Waals surface area contributed by atoms with Crippen molar-refractivity contribution in [1.82, 2.24) is 9.97 Å². The number of aliphatic hydroxyl groups is 1. The predicted octanol–water partition coefficient (Wildman–Crippen LogP) is 3.46. The highest BCUT2D eigenvalue weighted by Gasteiger charge is 2.34. The van der Waals surface area contributed by atoms with Crippen molar-refractivity contribution in [2.45, 2.75) is 26.1 Å². The minimum atomic E-state index is -4.72. The molecule has 0 aliphatic rings. The first-order valence-corrected chi connectivity index (χ1v) is 8.96. The third kappa shape index (κ3) is 5.72. The number of aliphatic hydroxyl groups excluding tert-OH is 1. The fourth-order valence-corrected chi connectivity index (χ4v) is 2.50. The van der Waals surface area contributed by atoms with E-state index in [1.54, 1.807) is 13.8 Å². The van der Waals surface area contributed by atoms with Crippen LogP contribution in [0.25, 0.3) is 0 Å². The van der Waals surface area contributed by atoms with Gasteiger partial charge in [-0.1, -0.05) is 13.8 Å². The summed E-state index contributed by atoms with van der Waals surface area (Å²) in [5, 5.41) is 14.9. The van der Waals surface area contributed by atoms with Gasteiger partial charge in [0, 0.05) is 6.07 Å². The van der Waals surface area contributed by atoms with Crippen molar-refractivity contribution in [3.63, 3.8) is 0 Å².